The predicted octanol–water partition coefficient (Wildman–Crippen LogP) is 6.99. The first-order valence-corrected chi connectivity index (χ1v) is 15.0. The van der Waals surface area contributed by atoms with Crippen LogP contribution in [-0.4, -0.2) is 49.0 Å². The summed E-state index contributed by atoms with van der Waals surface area (Å²) in [6, 6.07) is 11.4. The Bertz CT molecular complexity index is 1900. The van der Waals surface area contributed by atoms with Crippen LogP contribution in [0.5, 0.6) is 0 Å². The largest absolute Gasteiger partial charge is 0.443 e. The van der Waals surface area contributed by atoms with Gasteiger partial charge in [0, 0.05) is 23.1 Å². The van der Waals surface area contributed by atoms with E-state index in [0.29, 0.717) is 40.5 Å². The van der Waals surface area contributed by atoms with Gasteiger partial charge in [0.15, 0.2) is 5.82 Å². The van der Waals surface area contributed by atoms with Gasteiger partial charge in [0.2, 0.25) is 5.91 Å². The van der Waals surface area contributed by atoms with Gasteiger partial charge < -0.3 is 14.8 Å². The van der Waals surface area contributed by atoms with Gasteiger partial charge in [-0.15, -0.1) is 5.10 Å². The average molecular weight is 611 g/mol. The highest BCUT2D eigenvalue weighted by molar-refractivity contribution is 6.23. The number of hydrogen-bond acceptors (Lipinski definition) is 9. The molecular formula is C34H38N6O5. The third-order valence-corrected chi connectivity index (χ3v) is 8.00. The molecule has 1 saturated carbocycles. The van der Waals surface area contributed by atoms with Crippen molar-refractivity contribution in [3.63, 3.8) is 0 Å². The van der Waals surface area contributed by atoms with Crippen molar-refractivity contribution in [3.05, 3.63) is 70.7 Å². The molecule has 0 unspecified atom stereocenters. The number of aromatic nitrogens is 4. The minimum Gasteiger partial charge on any atom is -0.443 e. The van der Waals surface area contributed by atoms with E-state index in [2.05, 4.69) is 20.4 Å². The minimum absolute atomic E-state index is 0.229. The highest BCUT2D eigenvalue weighted by Crippen LogP contribution is 2.66. The fourth-order valence-electron chi connectivity index (χ4n) is 5.97. The summed E-state index contributed by atoms with van der Waals surface area (Å²) in [5, 5.41) is 8.56. The van der Waals surface area contributed by atoms with Crippen molar-refractivity contribution < 1.29 is 23.9 Å². The van der Waals surface area contributed by atoms with Gasteiger partial charge in [0.05, 0.1) is 16.6 Å². The summed E-state index contributed by atoms with van der Waals surface area (Å²) in [4.78, 5) is 50.8. The number of amides is 2. The highest BCUT2D eigenvalue weighted by Gasteiger charge is 2.68. The number of hydrogen-bond donors (Lipinski definition) is 1. The standard InChI is InChI=1S/C34H38N6O5/c1-18-10-13-25-23(14-18)34(29(41)39(25)30(42)44-32(4,5)6)16-24(34)21-11-12-22-26(15-21)40(31(43)45-33(7,8)9)38-28(22)37-27-19(2)17-35-20(3)36-27/h10-15,17,24H,16H2,1-9H3,(H,35,36,37,38)/t24-,34-/m0/s1. The molecule has 2 amide bonds. The summed E-state index contributed by atoms with van der Waals surface area (Å²) < 4.78 is 12.6. The molecule has 0 radical (unpaired) electrons. The van der Waals surface area contributed by atoms with Gasteiger partial charge in [-0.05, 0) is 98.1 Å². The predicted molar refractivity (Wildman–Crippen MR) is 170 cm³/mol. The number of fused-ring (bicyclic) bond motifs is 3. The number of rotatable bonds is 3. The third kappa shape index (κ3) is 5.30. The molecule has 2 aliphatic rings. The molecule has 1 aliphatic carbocycles. The molecular weight excluding hydrogens is 572 g/mol. The van der Waals surface area contributed by atoms with Gasteiger partial charge >= 0.3 is 12.2 Å². The monoisotopic (exact) mass is 610 g/mol. The molecule has 234 valence electrons. The zero-order valence-electron chi connectivity index (χ0n) is 27.1. The SMILES string of the molecule is Cc1ccc2c(c1)[C@]1(C[C@H]1c1ccc3c(Nc4nc(C)ncc4C)nn(C(=O)OC(C)(C)C)c3c1)C(=O)N2C(=O)OC(C)(C)C. The Hall–Kier alpha value is -4.80. The van der Waals surface area contributed by atoms with E-state index in [1.807, 2.05) is 50.2 Å². The Balaban J connectivity index is 1.43. The van der Waals surface area contributed by atoms with Crippen LogP contribution in [0.15, 0.2) is 42.6 Å². The second kappa shape index (κ2) is 10.1. The molecule has 1 aliphatic heterocycles. The van der Waals surface area contributed by atoms with Crippen molar-refractivity contribution in [2.24, 2.45) is 0 Å². The molecule has 4 aromatic rings. The maximum absolute atomic E-state index is 14.1. The molecule has 0 saturated heterocycles. The van der Waals surface area contributed by atoms with Gasteiger partial charge in [-0.2, -0.15) is 4.68 Å². The molecule has 45 heavy (non-hydrogen) atoms. The minimum atomic E-state index is -0.917. The third-order valence-electron chi connectivity index (χ3n) is 8.00. The van der Waals surface area contributed by atoms with Crippen LogP contribution in [0, 0.1) is 20.8 Å². The van der Waals surface area contributed by atoms with E-state index < -0.39 is 28.8 Å². The summed E-state index contributed by atoms with van der Waals surface area (Å²) in [5.74, 6) is 1.07. The number of imide groups is 1. The normalized spacial score (nSPS) is 19.2. The van der Waals surface area contributed by atoms with Gasteiger partial charge in [0.25, 0.3) is 0 Å². The molecule has 0 bridgehead atoms. The number of nitrogens with one attached hydrogen (secondary N) is 1. The summed E-state index contributed by atoms with van der Waals surface area (Å²) in [6.45, 7) is 16.4. The Morgan fingerprint density at radius 3 is 2.31 bits per heavy atom. The van der Waals surface area contributed by atoms with E-state index in [1.54, 1.807) is 54.7 Å². The molecule has 2 atom stereocenters. The lowest BCUT2D eigenvalue weighted by Gasteiger charge is -2.24. The summed E-state index contributed by atoms with van der Waals surface area (Å²) in [7, 11) is 0. The summed E-state index contributed by atoms with van der Waals surface area (Å²) in [6.07, 6.45) is 0.914. The Morgan fingerprint density at radius 2 is 1.62 bits per heavy atom. The van der Waals surface area contributed by atoms with Crippen molar-refractivity contribution in [1.82, 2.24) is 19.7 Å². The van der Waals surface area contributed by atoms with E-state index >= 15 is 0 Å². The first-order chi connectivity index (χ1) is 21.0. The maximum atomic E-state index is 14.1. The highest BCUT2D eigenvalue weighted by atomic mass is 16.6. The number of nitrogens with zero attached hydrogens (tertiary/aromatic N) is 5. The lowest BCUT2D eigenvalue weighted by molar-refractivity contribution is -0.120. The van der Waals surface area contributed by atoms with Gasteiger partial charge in [-0.1, -0.05) is 23.8 Å². The van der Waals surface area contributed by atoms with E-state index in [-0.39, 0.29) is 11.8 Å². The van der Waals surface area contributed by atoms with Crippen LogP contribution in [0.25, 0.3) is 10.9 Å². The van der Waals surface area contributed by atoms with Crippen LogP contribution < -0.4 is 10.2 Å². The molecule has 11 heteroatoms. The van der Waals surface area contributed by atoms with Gasteiger partial charge in [-0.25, -0.2) is 24.5 Å². The topological polar surface area (TPSA) is 129 Å². The number of carbonyl (C=O) groups is 3. The van der Waals surface area contributed by atoms with E-state index in [0.717, 1.165) is 22.3 Å². The molecule has 11 nitrogen and oxygen atoms in total. The molecule has 6 rings (SSSR count). The lowest BCUT2D eigenvalue weighted by Crippen LogP contribution is -2.41. The number of aryl methyl sites for hydroxylation is 3. The van der Waals surface area contributed by atoms with Crippen molar-refractivity contribution >= 4 is 46.3 Å². The van der Waals surface area contributed by atoms with Crippen molar-refractivity contribution in [3.8, 4) is 0 Å². The van der Waals surface area contributed by atoms with Crippen LogP contribution in [0.1, 0.15) is 82.0 Å². The lowest BCUT2D eigenvalue weighted by atomic mass is 9.91. The van der Waals surface area contributed by atoms with E-state index in [4.69, 9.17) is 9.47 Å². The number of ether oxygens (including phenoxy) is 2. The van der Waals surface area contributed by atoms with Gasteiger partial charge in [0.1, 0.15) is 22.8 Å². The molecule has 2 aromatic heterocycles. The molecule has 1 N–H and O–H groups in total. The van der Waals surface area contributed by atoms with Crippen LogP contribution in [0.4, 0.5) is 26.9 Å². The fourth-order valence-corrected chi connectivity index (χ4v) is 5.97. The average Bonchev–Trinajstić information content (AvgIpc) is 3.51. The van der Waals surface area contributed by atoms with E-state index in [1.165, 1.54) is 9.58 Å². The van der Waals surface area contributed by atoms with Crippen LogP contribution in [0.3, 0.4) is 0 Å². The summed E-state index contributed by atoms with van der Waals surface area (Å²) >= 11 is 0. The van der Waals surface area contributed by atoms with Crippen LogP contribution >= 0.6 is 0 Å². The number of carbonyl (C=O) groups excluding carboxylic acids is 3. The first kappa shape index (κ1) is 30.2. The second-order valence-corrected chi connectivity index (χ2v) is 14.0. The molecule has 2 aromatic carbocycles. The summed E-state index contributed by atoms with van der Waals surface area (Å²) in [5.41, 5.74) is 2.10. The fraction of sp³-hybridized carbons (Fsp3) is 0.412. The van der Waals surface area contributed by atoms with Crippen molar-refractivity contribution in [2.45, 2.75) is 91.3 Å². The molecule has 1 fully saturated rings. The Labute approximate surface area is 261 Å². The van der Waals surface area contributed by atoms with Crippen molar-refractivity contribution in [1.29, 1.82) is 0 Å². The molecule has 1 spiro atoms. The zero-order chi connectivity index (χ0) is 32.6. The zero-order valence-corrected chi connectivity index (χ0v) is 27.1. The molecule has 3 heterocycles. The quantitative estimate of drug-likeness (QED) is 0.261. The van der Waals surface area contributed by atoms with Crippen LogP contribution in [0.2, 0.25) is 0 Å². The first-order valence-electron chi connectivity index (χ1n) is 15.0. The van der Waals surface area contributed by atoms with Gasteiger partial charge in [-0.3, -0.25) is 4.79 Å². The number of anilines is 3. The van der Waals surface area contributed by atoms with E-state index in [9.17, 15) is 14.4 Å². The maximum Gasteiger partial charge on any atom is 0.435 e. The van der Waals surface area contributed by atoms with Crippen molar-refractivity contribution in [2.75, 3.05) is 10.2 Å². The Morgan fingerprint density at radius 1 is 0.933 bits per heavy atom. The second-order valence-electron chi connectivity index (χ2n) is 14.0. The smallest absolute Gasteiger partial charge is 0.435 e. The Kier molecular flexibility index (Phi) is 6.80. The van der Waals surface area contributed by atoms with Crippen LogP contribution in [-0.2, 0) is 19.7 Å². The number of benzene rings is 2.